The molecule has 0 spiro atoms. The fourth-order valence-corrected chi connectivity index (χ4v) is 7.30. The van der Waals surface area contributed by atoms with E-state index in [4.69, 9.17) is 14.2 Å². The SMILES string of the molecule is Cc1ccc(CSCCCCCOc2ccc(C3=C(c4ccccc4)CCCc4cc(OC5CCCCO5)ccc43)cc2)cc1. The lowest BCUT2D eigenvalue weighted by atomic mass is 9.88. The van der Waals surface area contributed by atoms with Crippen molar-refractivity contribution in [3.05, 3.63) is 130 Å². The Kier molecular flexibility index (Phi) is 11.3. The predicted octanol–water partition coefficient (Wildman–Crippen LogP) is 10.7. The molecular weight excluding hydrogens is 573 g/mol. The topological polar surface area (TPSA) is 27.7 Å². The van der Waals surface area contributed by atoms with Crippen LogP contribution in [-0.4, -0.2) is 25.3 Å². The average Bonchev–Trinajstić information content (AvgIpc) is 3.27. The van der Waals surface area contributed by atoms with E-state index in [1.165, 1.54) is 63.1 Å². The number of benzene rings is 4. The molecule has 3 nitrogen and oxygen atoms in total. The first kappa shape index (κ1) is 31.5. The van der Waals surface area contributed by atoms with Gasteiger partial charge in [0, 0.05) is 12.2 Å². The van der Waals surface area contributed by atoms with Crippen LogP contribution in [0.3, 0.4) is 0 Å². The predicted molar refractivity (Wildman–Crippen MR) is 189 cm³/mol. The van der Waals surface area contributed by atoms with Crippen molar-refractivity contribution in [2.75, 3.05) is 19.0 Å². The van der Waals surface area contributed by atoms with Gasteiger partial charge < -0.3 is 14.2 Å². The quantitative estimate of drug-likeness (QED) is 0.139. The van der Waals surface area contributed by atoms with Crippen LogP contribution in [0, 0.1) is 6.92 Å². The van der Waals surface area contributed by atoms with E-state index in [-0.39, 0.29) is 6.29 Å². The second kappa shape index (κ2) is 16.2. The summed E-state index contributed by atoms with van der Waals surface area (Å²) < 4.78 is 18.3. The van der Waals surface area contributed by atoms with Gasteiger partial charge in [-0.15, -0.1) is 0 Å². The van der Waals surface area contributed by atoms with Gasteiger partial charge in [0.25, 0.3) is 0 Å². The van der Waals surface area contributed by atoms with E-state index in [9.17, 15) is 0 Å². The Morgan fingerprint density at radius 3 is 2.38 bits per heavy atom. The number of hydrogen-bond donors (Lipinski definition) is 0. The third-order valence-electron chi connectivity index (χ3n) is 8.78. The van der Waals surface area contributed by atoms with Crippen LogP contribution in [-0.2, 0) is 16.9 Å². The van der Waals surface area contributed by atoms with Gasteiger partial charge in [0.2, 0.25) is 0 Å². The molecule has 1 heterocycles. The van der Waals surface area contributed by atoms with Crippen LogP contribution in [0.2, 0.25) is 0 Å². The van der Waals surface area contributed by atoms with Crippen LogP contribution in [0.4, 0.5) is 0 Å². The fourth-order valence-electron chi connectivity index (χ4n) is 6.32. The summed E-state index contributed by atoms with van der Waals surface area (Å²) in [6, 6.07) is 35.2. The number of allylic oxidation sites excluding steroid dienone is 1. The van der Waals surface area contributed by atoms with E-state index in [0.29, 0.717) is 0 Å². The largest absolute Gasteiger partial charge is 0.494 e. The molecule has 0 radical (unpaired) electrons. The highest BCUT2D eigenvalue weighted by atomic mass is 32.2. The van der Waals surface area contributed by atoms with Gasteiger partial charge in [-0.3, -0.25) is 0 Å². The van der Waals surface area contributed by atoms with Crippen LogP contribution in [0.5, 0.6) is 11.5 Å². The highest BCUT2D eigenvalue weighted by molar-refractivity contribution is 7.98. The molecule has 234 valence electrons. The zero-order valence-corrected chi connectivity index (χ0v) is 27.5. The van der Waals surface area contributed by atoms with Crippen molar-refractivity contribution < 1.29 is 14.2 Å². The molecule has 1 unspecified atom stereocenters. The Morgan fingerprint density at radius 2 is 1.58 bits per heavy atom. The van der Waals surface area contributed by atoms with Crippen molar-refractivity contribution in [3.63, 3.8) is 0 Å². The molecule has 4 heteroatoms. The van der Waals surface area contributed by atoms with Gasteiger partial charge >= 0.3 is 0 Å². The Hall–Kier alpha value is -3.47. The minimum absolute atomic E-state index is 0.132. The second-order valence-corrected chi connectivity index (χ2v) is 13.4. The van der Waals surface area contributed by atoms with Gasteiger partial charge in [0.15, 0.2) is 6.29 Å². The Bertz CT molecular complexity index is 1520. The average molecular weight is 619 g/mol. The fraction of sp³-hybridized carbons (Fsp3) is 0.366. The van der Waals surface area contributed by atoms with E-state index in [1.54, 1.807) is 0 Å². The lowest BCUT2D eigenvalue weighted by molar-refractivity contribution is -0.105. The minimum Gasteiger partial charge on any atom is -0.494 e. The van der Waals surface area contributed by atoms with Crippen molar-refractivity contribution >= 4 is 22.9 Å². The molecule has 0 N–H and O–H groups in total. The van der Waals surface area contributed by atoms with Crippen molar-refractivity contribution in [3.8, 4) is 11.5 Å². The molecule has 0 aromatic heterocycles. The summed E-state index contributed by atoms with van der Waals surface area (Å²) in [6.07, 6.45) is 9.80. The number of hydrogen-bond acceptors (Lipinski definition) is 4. The number of ether oxygens (including phenoxy) is 3. The van der Waals surface area contributed by atoms with Gasteiger partial charge in [-0.25, -0.2) is 0 Å². The monoisotopic (exact) mass is 618 g/mol. The third kappa shape index (κ3) is 8.83. The summed E-state index contributed by atoms with van der Waals surface area (Å²) in [4.78, 5) is 0. The standard InChI is InChI=1S/C41H46O3S/c1-31-16-18-32(19-17-31)30-45-28-9-3-7-26-42-36-22-20-34(21-23-36)41-38(33-11-4-2-5-12-33)14-10-13-35-29-37(24-25-39(35)41)44-40-15-6-8-27-43-40/h2,4-5,11-12,16-25,29,40H,3,6-10,13-15,26-28,30H2,1H3. The summed E-state index contributed by atoms with van der Waals surface area (Å²) in [5.41, 5.74) is 10.7. The number of rotatable bonds is 13. The van der Waals surface area contributed by atoms with Crippen molar-refractivity contribution in [2.45, 2.75) is 76.8 Å². The first-order chi connectivity index (χ1) is 22.2. The molecule has 6 rings (SSSR count). The van der Waals surface area contributed by atoms with Crippen molar-refractivity contribution in [1.82, 2.24) is 0 Å². The number of thioether (sulfide) groups is 1. The van der Waals surface area contributed by atoms with E-state index in [0.717, 1.165) is 75.4 Å². The highest BCUT2D eigenvalue weighted by Gasteiger charge is 2.22. The zero-order chi connectivity index (χ0) is 30.7. The third-order valence-corrected chi connectivity index (χ3v) is 9.90. The smallest absolute Gasteiger partial charge is 0.199 e. The van der Waals surface area contributed by atoms with Gasteiger partial charge in [0.05, 0.1) is 13.2 Å². The molecule has 1 saturated heterocycles. The molecule has 1 aliphatic heterocycles. The van der Waals surface area contributed by atoms with Crippen LogP contribution < -0.4 is 9.47 Å². The van der Waals surface area contributed by atoms with E-state index < -0.39 is 0 Å². The molecular formula is C41H46O3S. The molecule has 4 aromatic carbocycles. The van der Waals surface area contributed by atoms with E-state index >= 15 is 0 Å². The summed E-state index contributed by atoms with van der Waals surface area (Å²) in [5.74, 6) is 4.15. The molecule has 0 saturated carbocycles. The molecule has 0 amide bonds. The van der Waals surface area contributed by atoms with Crippen molar-refractivity contribution in [1.29, 1.82) is 0 Å². The highest BCUT2D eigenvalue weighted by Crippen LogP contribution is 2.41. The lowest BCUT2D eigenvalue weighted by Crippen LogP contribution is -2.25. The summed E-state index contributed by atoms with van der Waals surface area (Å²) in [7, 11) is 0. The number of aryl methyl sites for hydroxylation is 2. The molecule has 0 bridgehead atoms. The van der Waals surface area contributed by atoms with Crippen LogP contribution in [0.1, 0.15) is 84.7 Å². The van der Waals surface area contributed by atoms with Gasteiger partial charge in [0.1, 0.15) is 11.5 Å². The summed E-state index contributed by atoms with van der Waals surface area (Å²) >= 11 is 2.03. The Labute approximate surface area is 274 Å². The molecule has 45 heavy (non-hydrogen) atoms. The van der Waals surface area contributed by atoms with Crippen LogP contribution in [0.25, 0.3) is 11.1 Å². The number of unbranched alkanes of at least 4 members (excludes halogenated alkanes) is 2. The molecule has 2 aliphatic rings. The molecule has 1 atom stereocenters. The Morgan fingerprint density at radius 1 is 0.756 bits per heavy atom. The Balaban J connectivity index is 1.09. The second-order valence-electron chi connectivity index (χ2n) is 12.3. The zero-order valence-electron chi connectivity index (χ0n) is 26.6. The first-order valence-electron chi connectivity index (χ1n) is 16.8. The van der Waals surface area contributed by atoms with Gasteiger partial charge in [-0.1, -0.05) is 78.4 Å². The first-order valence-corrected chi connectivity index (χ1v) is 17.9. The van der Waals surface area contributed by atoms with Crippen LogP contribution >= 0.6 is 11.8 Å². The minimum atomic E-state index is -0.132. The normalized spacial score (nSPS) is 16.6. The van der Waals surface area contributed by atoms with E-state index in [1.807, 2.05) is 11.8 Å². The summed E-state index contributed by atoms with van der Waals surface area (Å²) in [5, 5.41) is 0. The lowest BCUT2D eigenvalue weighted by Gasteiger charge is -2.24. The maximum Gasteiger partial charge on any atom is 0.199 e. The maximum atomic E-state index is 6.27. The molecule has 4 aromatic rings. The molecule has 1 fully saturated rings. The summed E-state index contributed by atoms with van der Waals surface area (Å²) in [6.45, 7) is 3.69. The molecule has 1 aliphatic carbocycles. The van der Waals surface area contributed by atoms with Crippen LogP contribution in [0.15, 0.2) is 97.1 Å². The van der Waals surface area contributed by atoms with Gasteiger partial charge in [-0.2, -0.15) is 11.8 Å². The van der Waals surface area contributed by atoms with E-state index in [2.05, 4.69) is 104 Å². The van der Waals surface area contributed by atoms with Crippen molar-refractivity contribution in [2.24, 2.45) is 0 Å². The maximum absolute atomic E-state index is 6.27. The van der Waals surface area contributed by atoms with Gasteiger partial charge in [-0.05, 0) is 127 Å². The number of fused-ring (bicyclic) bond motifs is 1.